The normalized spacial score (nSPS) is 12.7. The zero-order chi connectivity index (χ0) is 16.6. The first kappa shape index (κ1) is 16.6. The van der Waals surface area contributed by atoms with E-state index in [1.165, 1.54) is 4.68 Å². The maximum Gasteiger partial charge on any atom is 0.283 e. The van der Waals surface area contributed by atoms with Gasteiger partial charge >= 0.3 is 0 Å². The van der Waals surface area contributed by atoms with Crippen LogP contribution in [0.5, 0.6) is 0 Å². The van der Waals surface area contributed by atoms with Gasteiger partial charge in [0.15, 0.2) is 0 Å². The molecule has 120 valence electrons. The number of nitrogens with one attached hydrogen (secondary N) is 1. The zero-order valence-corrected chi connectivity index (χ0v) is 14.1. The van der Waals surface area contributed by atoms with Gasteiger partial charge in [0.25, 0.3) is 6.43 Å². The third kappa shape index (κ3) is 3.03. The van der Waals surface area contributed by atoms with Gasteiger partial charge in [-0.3, -0.25) is 14.2 Å². The third-order valence-corrected chi connectivity index (χ3v) is 4.31. The summed E-state index contributed by atoms with van der Waals surface area (Å²) in [5, 5.41) is 10.7. The Labute approximate surface area is 134 Å². The lowest BCUT2D eigenvalue weighted by atomic mass is 10.3. The second kappa shape index (κ2) is 6.15. The minimum atomic E-state index is -2.70. The highest BCUT2D eigenvalue weighted by molar-refractivity contribution is 9.10. The van der Waals surface area contributed by atoms with Gasteiger partial charge in [0.05, 0.1) is 21.5 Å². The van der Waals surface area contributed by atoms with Gasteiger partial charge in [-0.05, 0) is 36.7 Å². The molecule has 0 spiro atoms. The molecule has 0 saturated heterocycles. The summed E-state index contributed by atoms with van der Waals surface area (Å²) in [6, 6.07) is -0.733. The highest BCUT2D eigenvalue weighted by Gasteiger charge is 2.25. The monoisotopic (exact) mass is 375 g/mol. The fourth-order valence-corrected chi connectivity index (χ4v) is 2.54. The highest BCUT2D eigenvalue weighted by atomic mass is 79.9. The van der Waals surface area contributed by atoms with Crippen LogP contribution in [-0.2, 0) is 11.8 Å². The van der Waals surface area contributed by atoms with E-state index < -0.39 is 12.5 Å². The molecule has 0 bridgehead atoms. The number of amides is 1. The molecule has 1 amide bonds. The van der Waals surface area contributed by atoms with E-state index in [1.807, 2.05) is 0 Å². The van der Waals surface area contributed by atoms with Crippen molar-refractivity contribution < 1.29 is 13.6 Å². The Morgan fingerprint density at radius 3 is 2.45 bits per heavy atom. The Morgan fingerprint density at radius 2 is 2.00 bits per heavy atom. The molecule has 2 aromatic heterocycles. The average Bonchev–Trinajstić information content (AvgIpc) is 2.90. The van der Waals surface area contributed by atoms with Gasteiger partial charge in [0.1, 0.15) is 11.7 Å². The quantitative estimate of drug-likeness (QED) is 0.892. The van der Waals surface area contributed by atoms with Crippen LogP contribution in [0.1, 0.15) is 36.5 Å². The van der Waals surface area contributed by atoms with E-state index in [-0.39, 0.29) is 16.1 Å². The molecule has 2 aromatic rings. The van der Waals surface area contributed by atoms with Gasteiger partial charge in [-0.25, -0.2) is 8.78 Å². The van der Waals surface area contributed by atoms with Gasteiger partial charge in [-0.15, -0.1) is 0 Å². The van der Waals surface area contributed by atoms with Crippen molar-refractivity contribution in [3.8, 4) is 0 Å². The summed E-state index contributed by atoms with van der Waals surface area (Å²) in [7, 11) is 1.75. The summed E-state index contributed by atoms with van der Waals surface area (Å²) in [4.78, 5) is 12.3. The molecule has 0 aromatic carbocycles. The first-order valence-electron chi connectivity index (χ1n) is 6.56. The predicted molar refractivity (Wildman–Crippen MR) is 80.9 cm³/mol. The van der Waals surface area contributed by atoms with Crippen LogP contribution in [0.4, 0.5) is 14.5 Å². The summed E-state index contributed by atoms with van der Waals surface area (Å²) in [5.74, 6) is -0.352. The lowest BCUT2D eigenvalue weighted by Gasteiger charge is -2.14. The fraction of sp³-hybridized carbons (Fsp3) is 0.462. The Balaban J connectivity index is 2.24. The van der Waals surface area contributed by atoms with E-state index in [0.29, 0.717) is 17.1 Å². The topological polar surface area (TPSA) is 64.7 Å². The summed E-state index contributed by atoms with van der Waals surface area (Å²) in [6.07, 6.45) is -1.03. The smallest absolute Gasteiger partial charge is 0.283 e. The third-order valence-electron chi connectivity index (χ3n) is 3.33. The van der Waals surface area contributed by atoms with E-state index in [9.17, 15) is 13.6 Å². The van der Waals surface area contributed by atoms with Crippen molar-refractivity contribution in [2.45, 2.75) is 33.2 Å². The summed E-state index contributed by atoms with van der Waals surface area (Å²) in [6.45, 7) is 5.00. The van der Waals surface area contributed by atoms with Gasteiger partial charge in [-0.2, -0.15) is 10.2 Å². The number of carbonyl (C=O) groups excluding carboxylic acids is 1. The van der Waals surface area contributed by atoms with Crippen molar-refractivity contribution in [3.63, 3.8) is 0 Å². The standard InChI is InChI=1S/C13H16BrF2N5O/c1-6-9(5-20(4)18-6)17-13(22)8(3)21-7(2)10(14)11(19-21)12(15)16/h5,8,12H,1-4H3,(H,17,22)/t8-/m0/s1. The summed E-state index contributed by atoms with van der Waals surface area (Å²) in [5.41, 5.74) is 1.36. The Kier molecular flexibility index (Phi) is 4.64. The molecule has 0 radical (unpaired) electrons. The van der Waals surface area contributed by atoms with Crippen LogP contribution in [0.3, 0.4) is 0 Å². The largest absolute Gasteiger partial charge is 0.321 e. The van der Waals surface area contributed by atoms with Crippen LogP contribution in [0.2, 0.25) is 0 Å². The predicted octanol–water partition coefficient (Wildman–Crippen LogP) is 3.13. The molecule has 0 fully saturated rings. The Morgan fingerprint density at radius 1 is 1.36 bits per heavy atom. The molecule has 22 heavy (non-hydrogen) atoms. The number of hydrogen-bond acceptors (Lipinski definition) is 3. The Hall–Kier alpha value is -1.77. The van der Waals surface area contributed by atoms with Gasteiger partial charge in [-0.1, -0.05) is 0 Å². The minimum absolute atomic E-state index is 0.222. The van der Waals surface area contributed by atoms with Crippen molar-refractivity contribution in [2.75, 3.05) is 5.32 Å². The van der Waals surface area contributed by atoms with E-state index >= 15 is 0 Å². The maximum absolute atomic E-state index is 12.9. The van der Waals surface area contributed by atoms with Gasteiger partial charge in [0.2, 0.25) is 5.91 Å². The molecule has 1 N–H and O–H groups in total. The number of hydrogen-bond donors (Lipinski definition) is 1. The molecule has 2 rings (SSSR count). The molecule has 1 atom stereocenters. The number of aromatic nitrogens is 4. The second-order valence-electron chi connectivity index (χ2n) is 5.00. The van der Waals surface area contributed by atoms with Crippen LogP contribution >= 0.6 is 15.9 Å². The van der Waals surface area contributed by atoms with Crippen molar-refractivity contribution in [3.05, 3.63) is 27.8 Å². The number of anilines is 1. The number of nitrogens with zero attached hydrogens (tertiary/aromatic N) is 4. The van der Waals surface area contributed by atoms with E-state index in [2.05, 4.69) is 31.4 Å². The van der Waals surface area contributed by atoms with E-state index in [0.717, 1.165) is 0 Å². The number of halogens is 3. The van der Waals surface area contributed by atoms with Crippen molar-refractivity contribution in [1.82, 2.24) is 19.6 Å². The molecule has 9 heteroatoms. The Bertz CT molecular complexity index is 710. The molecule has 0 saturated carbocycles. The first-order valence-corrected chi connectivity index (χ1v) is 7.35. The van der Waals surface area contributed by atoms with Crippen LogP contribution in [-0.4, -0.2) is 25.5 Å². The number of alkyl halides is 2. The average molecular weight is 376 g/mol. The van der Waals surface area contributed by atoms with Crippen molar-refractivity contribution in [1.29, 1.82) is 0 Å². The molecular formula is C13H16BrF2N5O. The zero-order valence-electron chi connectivity index (χ0n) is 12.6. The fourth-order valence-electron chi connectivity index (χ4n) is 2.11. The molecular weight excluding hydrogens is 360 g/mol. The molecule has 0 unspecified atom stereocenters. The lowest BCUT2D eigenvalue weighted by Crippen LogP contribution is -2.25. The molecule has 0 aliphatic rings. The van der Waals surface area contributed by atoms with E-state index in [1.54, 1.807) is 38.7 Å². The molecule has 0 aliphatic heterocycles. The van der Waals surface area contributed by atoms with E-state index in [4.69, 9.17) is 0 Å². The van der Waals surface area contributed by atoms with Crippen LogP contribution in [0.25, 0.3) is 0 Å². The van der Waals surface area contributed by atoms with Gasteiger partial charge < -0.3 is 5.32 Å². The van der Waals surface area contributed by atoms with Crippen molar-refractivity contribution >= 4 is 27.5 Å². The minimum Gasteiger partial charge on any atom is -0.321 e. The van der Waals surface area contributed by atoms with Crippen molar-refractivity contribution in [2.24, 2.45) is 7.05 Å². The van der Waals surface area contributed by atoms with Crippen LogP contribution in [0.15, 0.2) is 10.7 Å². The molecule has 2 heterocycles. The van der Waals surface area contributed by atoms with Crippen LogP contribution in [0, 0.1) is 13.8 Å². The summed E-state index contributed by atoms with van der Waals surface area (Å²) < 4.78 is 28.8. The highest BCUT2D eigenvalue weighted by Crippen LogP contribution is 2.30. The SMILES string of the molecule is Cc1nn(C)cc1NC(=O)[C@H](C)n1nc(C(F)F)c(Br)c1C. The molecule has 0 aliphatic carbocycles. The maximum atomic E-state index is 12.9. The first-order chi connectivity index (χ1) is 10.2. The lowest BCUT2D eigenvalue weighted by molar-refractivity contribution is -0.119. The second-order valence-corrected chi connectivity index (χ2v) is 5.79. The number of aryl methyl sites for hydroxylation is 2. The number of carbonyl (C=O) groups is 1. The number of rotatable bonds is 4. The van der Waals surface area contributed by atoms with Crippen LogP contribution < -0.4 is 5.32 Å². The van der Waals surface area contributed by atoms with Gasteiger partial charge in [0, 0.05) is 13.2 Å². The molecule has 6 nitrogen and oxygen atoms in total. The summed E-state index contributed by atoms with van der Waals surface area (Å²) >= 11 is 3.09.